The van der Waals surface area contributed by atoms with Gasteiger partial charge in [-0.25, -0.2) is 52.7 Å². The molecule has 4 N–H and O–H groups in total. The first kappa shape index (κ1) is 113. The standard InChI is InChI=1S/C30H38F3N3O.2C29H36F3N3O.C28H34F3N3O.3CH4/c1-20-16-23-22-10-6-7-11-26(22)34-28(23)29(36(20)19-30(2,3)33)27-24(31)17-21(18-25(27)32)37-15-14-35-12-8-4-5-9-13-35;1-19-15-22-21-9-5-6-10-25(21)33-27(22)28(35(19)18-29(2,3)32)26-23(30)16-20(17-24(26)31)36-14-13-34-11-7-4-8-12-34;1-5-19-15-34(16-19)10-11-36-20-13-23(30)26(24(31)14-20)28-27-22(21-8-6-7-9-25(21)33-27)12-18(2)35(28)17-29(3,4)32;1-18-14-21-20-8-4-5-9-24(20)32-26(21)27(34(18)17-28(2,3)31)25-22(29)15-19(16-23(25)30)35-13-12-33-10-6-7-11-33;;;/h6-7,10-11,17-18,20,29,34H,4-5,8-9,12-16,19H2,1-3H3;5-6,9-10,16-17,19,28,33H,4,7-8,11-15,18H2,1-3H3;6-9,13-14,18-19,28,33H,5,10-12,15-17H2,1-4H3;4-5,8-9,15-16,18,27,32H,6-7,10-14,17H2,1-3H3;3*1H4/t20-,29-;19-,28-;18-,28-;18-,27-;;;/m1111.../s1. The summed E-state index contributed by atoms with van der Waals surface area (Å²) in [5, 5.41) is 4.17. The number of likely N-dealkylation sites (tertiary alicyclic amines) is 4. The Hall–Kier alpha value is -10.0. The second-order valence-corrected chi connectivity index (χ2v) is 44.0. The molecule has 0 spiro atoms. The number of rotatable bonds is 29. The number of para-hydroxylation sites is 4. The van der Waals surface area contributed by atoms with Crippen LogP contribution >= 0.6 is 0 Å². The predicted molar refractivity (Wildman–Crippen MR) is 570 cm³/mol. The van der Waals surface area contributed by atoms with Crippen LogP contribution in [-0.4, -0.2) is 237 Å². The van der Waals surface area contributed by atoms with Crippen molar-refractivity contribution >= 4 is 43.6 Å². The normalized spacial score (nSPS) is 21.1. The fourth-order valence-electron chi connectivity index (χ4n) is 23.5. The molecule has 20 rings (SSSR count). The monoisotopic (exact) mass is 2050 g/mol. The summed E-state index contributed by atoms with van der Waals surface area (Å²) in [5.74, 6) is -3.92. The third-order valence-corrected chi connectivity index (χ3v) is 30.3. The van der Waals surface area contributed by atoms with Gasteiger partial charge in [0.15, 0.2) is 0 Å². The Kier molecular flexibility index (Phi) is 36.8. The molecule has 147 heavy (non-hydrogen) atoms. The predicted octanol–water partition coefficient (Wildman–Crippen LogP) is 27.3. The van der Waals surface area contributed by atoms with Gasteiger partial charge < -0.3 is 38.9 Å². The summed E-state index contributed by atoms with van der Waals surface area (Å²) in [5.41, 5.74) is 4.36. The Bertz CT molecular complexity index is 6290. The number of halogens is 12. The van der Waals surface area contributed by atoms with E-state index < -0.39 is 93.4 Å². The number of nitrogens with zero attached hydrogens (tertiary/aromatic N) is 8. The van der Waals surface area contributed by atoms with Gasteiger partial charge in [-0.2, -0.15) is 0 Å². The maximum Gasteiger partial charge on any atom is 0.135 e. The quantitative estimate of drug-likeness (QED) is 0.0334. The number of benzene rings is 8. The van der Waals surface area contributed by atoms with Gasteiger partial charge in [0.05, 0.1) is 24.2 Å². The lowest BCUT2D eigenvalue weighted by Crippen LogP contribution is -2.48. The lowest BCUT2D eigenvalue weighted by molar-refractivity contribution is 0.0640. The largest absolute Gasteiger partial charge is 0.492 e. The summed E-state index contributed by atoms with van der Waals surface area (Å²) in [6, 6.07) is 38.2. The third kappa shape index (κ3) is 26.4. The van der Waals surface area contributed by atoms with Gasteiger partial charge >= 0.3 is 0 Å². The molecule has 800 valence electrons. The zero-order valence-corrected chi connectivity index (χ0v) is 85.8. The van der Waals surface area contributed by atoms with Crippen LogP contribution in [0.15, 0.2) is 146 Å². The summed E-state index contributed by atoms with van der Waals surface area (Å²) < 4.78 is 208. The van der Waals surface area contributed by atoms with E-state index >= 15 is 35.1 Å². The van der Waals surface area contributed by atoms with Gasteiger partial charge in [-0.05, 0) is 239 Å². The summed E-state index contributed by atoms with van der Waals surface area (Å²) in [6.45, 7) is 35.2. The van der Waals surface area contributed by atoms with Crippen molar-refractivity contribution in [3.05, 3.63) is 259 Å². The number of alkyl halides is 4. The molecule has 8 aromatic carbocycles. The van der Waals surface area contributed by atoms with E-state index in [1.165, 1.54) is 168 Å². The first-order valence-corrected chi connectivity index (χ1v) is 52.3. The molecule has 0 aliphatic carbocycles. The van der Waals surface area contributed by atoms with Gasteiger partial charge in [0, 0.05) is 227 Å². The summed E-state index contributed by atoms with van der Waals surface area (Å²) in [4.78, 5) is 30.4. The fourth-order valence-corrected chi connectivity index (χ4v) is 23.5. The molecule has 4 fully saturated rings. The van der Waals surface area contributed by atoms with Crippen LogP contribution in [-0.2, 0) is 25.7 Å². The number of nitrogens with one attached hydrogen (secondary N) is 4. The van der Waals surface area contributed by atoms with Crippen molar-refractivity contribution in [2.45, 2.75) is 273 Å². The maximum absolute atomic E-state index is 15.7. The van der Waals surface area contributed by atoms with Crippen molar-refractivity contribution in [3.8, 4) is 23.0 Å². The molecule has 8 aliphatic rings. The molecule has 12 aromatic rings. The van der Waals surface area contributed by atoms with Gasteiger partial charge in [-0.1, -0.05) is 128 Å². The van der Waals surface area contributed by atoms with Crippen LogP contribution in [0.4, 0.5) is 52.7 Å². The number of ether oxygens (including phenoxy) is 4. The number of piperidine rings is 1. The highest BCUT2D eigenvalue weighted by Crippen LogP contribution is 2.51. The Morgan fingerprint density at radius 2 is 0.490 bits per heavy atom. The van der Waals surface area contributed by atoms with E-state index in [2.05, 4.69) is 46.5 Å². The molecule has 0 saturated carbocycles. The SMILES string of the molecule is C.C.C.CCC1CN(CCOc2cc(F)c([C@@H]3c4[nH]c5ccccc5c4C[C@@H](C)N3CC(C)(C)F)c(F)c2)C1.C[C@@H]1Cc2c([nH]c3ccccc23)[C@@H](c2c(F)cc(OCCN3CCCC3)cc2F)N1CC(C)(C)F.C[C@@H]1Cc2c([nH]c3ccccc23)[C@@H](c2c(F)cc(OCCN3CCCCC3)cc2F)N1CC(C)(C)F.C[C@@H]1Cc2c([nH]c3ccccc23)[C@@H](c2c(F)cc(OCCN3CCCCCC3)cc2F)N1CC(C)(C)F. The van der Waals surface area contributed by atoms with Crippen LogP contribution in [0.5, 0.6) is 23.0 Å². The van der Waals surface area contributed by atoms with E-state index in [-0.39, 0.29) is 118 Å². The first-order valence-electron chi connectivity index (χ1n) is 52.3. The Balaban J connectivity index is 0.000000154. The zero-order chi connectivity index (χ0) is 102. The van der Waals surface area contributed by atoms with Crippen molar-refractivity contribution in [2.75, 3.05) is 131 Å². The van der Waals surface area contributed by atoms with Crippen molar-refractivity contribution in [3.63, 3.8) is 0 Å². The number of aromatic amines is 4. The molecular formula is C119H156F12N12O4. The second-order valence-electron chi connectivity index (χ2n) is 44.0. The Morgan fingerprint density at radius 3 is 0.701 bits per heavy atom. The van der Waals surface area contributed by atoms with Gasteiger partial charge in [-0.15, -0.1) is 0 Å². The summed E-state index contributed by atoms with van der Waals surface area (Å²) >= 11 is 0. The fraction of sp³-hybridized carbons (Fsp3) is 0.529. The first-order chi connectivity index (χ1) is 68.8. The molecular weight excluding hydrogens is 1890 g/mol. The molecule has 16 nitrogen and oxygen atoms in total. The van der Waals surface area contributed by atoms with Gasteiger partial charge in [0.25, 0.3) is 0 Å². The topological polar surface area (TPSA) is 126 Å². The van der Waals surface area contributed by atoms with Crippen LogP contribution in [0, 0.1) is 52.5 Å². The molecule has 28 heteroatoms. The van der Waals surface area contributed by atoms with E-state index in [1.807, 2.05) is 144 Å². The second kappa shape index (κ2) is 48.1. The number of hydrogen-bond acceptors (Lipinski definition) is 12. The van der Waals surface area contributed by atoms with Crippen LogP contribution in [0.25, 0.3) is 43.6 Å². The number of fused-ring (bicyclic) bond motifs is 12. The molecule has 0 radical (unpaired) electrons. The average Bonchev–Trinajstić information content (AvgIpc) is 1.65. The van der Waals surface area contributed by atoms with E-state index in [4.69, 9.17) is 18.9 Å². The smallest absolute Gasteiger partial charge is 0.135 e. The van der Waals surface area contributed by atoms with E-state index in [9.17, 15) is 17.6 Å². The number of aromatic nitrogens is 4. The number of H-pyrrole nitrogens is 4. The molecule has 0 unspecified atom stereocenters. The van der Waals surface area contributed by atoms with Crippen LogP contribution in [0.1, 0.15) is 268 Å². The average molecular weight is 2050 g/mol. The maximum atomic E-state index is 15.7. The minimum absolute atomic E-state index is 0. The summed E-state index contributed by atoms with van der Waals surface area (Å²) in [6.07, 6.45) is 14.7. The van der Waals surface area contributed by atoms with Crippen molar-refractivity contribution in [1.29, 1.82) is 0 Å². The van der Waals surface area contributed by atoms with Crippen molar-refractivity contribution in [2.24, 2.45) is 5.92 Å². The van der Waals surface area contributed by atoms with Crippen molar-refractivity contribution < 1.29 is 71.6 Å². The van der Waals surface area contributed by atoms with Crippen LogP contribution < -0.4 is 18.9 Å². The highest BCUT2D eigenvalue weighted by atomic mass is 19.2. The molecule has 12 heterocycles. The molecule has 0 bridgehead atoms. The zero-order valence-electron chi connectivity index (χ0n) is 85.8. The highest BCUT2D eigenvalue weighted by molar-refractivity contribution is 5.88. The minimum atomic E-state index is -1.53. The number of hydrogen-bond donors (Lipinski definition) is 4. The molecule has 8 atom stereocenters. The molecule has 4 aromatic heterocycles. The van der Waals surface area contributed by atoms with Crippen LogP contribution in [0.2, 0.25) is 0 Å². The van der Waals surface area contributed by atoms with Gasteiger partial charge in [0.1, 0.15) is 119 Å². The highest BCUT2D eigenvalue weighted by Gasteiger charge is 2.47. The Morgan fingerprint density at radius 1 is 0.293 bits per heavy atom. The lowest BCUT2D eigenvalue weighted by Gasteiger charge is -2.43. The van der Waals surface area contributed by atoms with Gasteiger partial charge in [0.2, 0.25) is 0 Å². The summed E-state index contributed by atoms with van der Waals surface area (Å²) in [7, 11) is 0. The van der Waals surface area contributed by atoms with Gasteiger partial charge in [-0.3, -0.25) is 39.2 Å². The van der Waals surface area contributed by atoms with E-state index in [0.29, 0.717) is 52.1 Å². The molecule has 8 aliphatic heterocycles. The Labute approximate surface area is 862 Å². The van der Waals surface area contributed by atoms with Crippen LogP contribution in [0.3, 0.4) is 0 Å². The minimum Gasteiger partial charge on any atom is -0.492 e. The molecule has 4 saturated heterocycles. The van der Waals surface area contributed by atoms with Crippen molar-refractivity contribution in [1.82, 2.24) is 59.1 Å². The third-order valence-electron chi connectivity index (χ3n) is 30.3. The van der Waals surface area contributed by atoms with E-state index in [0.717, 1.165) is 173 Å². The molecule has 0 amide bonds. The lowest BCUT2D eigenvalue weighted by atomic mass is 9.87. The van der Waals surface area contributed by atoms with E-state index in [1.54, 1.807) is 0 Å².